The number of nitrogens with zero attached hydrogens (tertiary/aromatic N) is 4. The van der Waals surface area contributed by atoms with Crippen LogP contribution in [0.3, 0.4) is 0 Å². The molecule has 6 rings (SSSR count). The number of imidazole rings is 1. The summed E-state index contributed by atoms with van der Waals surface area (Å²) in [5.74, 6) is 1.05. The normalized spacial score (nSPS) is 24.6. The van der Waals surface area contributed by atoms with Crippen molar-refractivity contribution in [1.29, 1.82) is 0 Å². The van der Waals surface area contributed by atoms with Crippen molar-refractivity contribution in [1.82, 2.24) is 19.5 Å². The van der Waals surface area contributed by atoms with Gasteiger partial charge in [0.15, 0.2) is 23.2 Å². The van der Waals surface area contributed by atoms with Gasteiger partial charge in [0.05, 0.1) is 12.9 Å². The van der Waals surface area contributed by atoms with E-state index in [1.807, 2.05) is 18.2 Å². The lowest BCUT2D eigenvalue weighted by molar-refractivity contribution is -0.0511. The first-order valence-electron chi connectivity index (χ1n) is 13.0. The summed E-state index contributed by atoms with van der Waals surface area (Å²) < 4.78 is 7.37. The molecule has 2 aliphatic rings. The van der Waals surface area contributed by atoms with E-state index in [2.05, 4.69) is 39.9 Å². The molecule has 1 saturated heterocycles. The van der Waals surface area contributed by atoms with Gasteiger partial charge in [0.2, 0.25) is 5.95 Å². The fraction of sp³-hybridized carbons (Fsp3) is 0.444. The van der Waals surface area contributed by atoms with Crippen molar-refractivity contribution >= 4 is 33.7 Å². The Morgan fingerprint density at radius 2 is 1.78 bits per heavy atom. The number of anilines is 2. The summed E-state index contributed by atoms with van der Waals surface area (Å²) in [7, 11) is 0. The van der Waals surface area contributed by atoms with Crippen LogP contribution in [-0.2, 0) is 11.3 Å². The summed E-state index contributed by atoms with van der Waals surface area (Å²) in [4.78, 5) is 14.1. The molecule has 2 fully saturated rings. The predicted octanol–water partition coefficient (Wildman–Crippen LogP) is 2.95. The second kappa shape index (κ2) is 10.2. The van der Waals surface area contributed by atoms with Gasteiger partial charge in [-0.3, -0.25) is 4.57 Å². The summed E-state index contributed by atoms with van der Waals surface area (Å²) in [5.41, 5.74) is 2.14. The minimum atomic E-state index is -1.23. The number of aromatic nitrogens is 4. The molecule has 0 amide bonds. The van der Waals surface area contributed by atoms with E-state index in [4.69, 9.17) is 14.7 Å². The van der Waals surface area contributed by atoms with Gasteiger partial charge in [0, 0.05) is 12.6 Å². The van der Waals surface area contributed by atoms with E-state index in [1.54, 1.807) is 4.57 Å². The smallest absolute Gasteiger partial charge is 0.227 e. The number of aliphatic hydroxyl groups is 3. The summed E-state index contributed by atoms with van der Waals surface area (Å²) in [6, 6.07) is 14.8. The first-order chi connectivity index (χ1) is 18.1. The Labute approximate surface area is 214 Å². The van der Waals surface area contributed by atoms with Crippen molar-refractivity contribution in [3.8, 4) is 0 Å². The molecule has 1 aliphatic heterocycles. The van der Waals surface area contributed by atoms with Gasteiger partial charge in [-0.05, 0) is 29.2 Å². The van der Waals surface area contributed by atoms with E-state index in [-0.39, 0.29) is 0 Å². The molecule has 4 atom stereocenters. The van der Waals surface area contributed by atoms with Crippen molar-refractivity contribution in [2.75, 3.05) is 17.2 Å². The minimum absolute atomic E-state index is 0.294. The van der Waals surface area contributed by atoms with E-state index >= 15 is 0 Å². The van der Waals surface area contributed by atoms with Crippen LogP contribution >= 0.6 is 0 Å². The van der Waals surface area contributed by atoms with E-state index in [0.717, 1.165) is 18.4 Å². The van der Waals surface area contributed by atoms with Crippen molar-refractivity contribution in [3.05, 3.63) is 54.4 Å². The molecular formula is C27H32N6O4. The third-order valence-electron chi connectivity index (χ3n) is 7.48. The largest absolute Gasteiger partial charge is 0.394 e. The zero-order chi connectivity index (χ0) is 25.4. The first kappa shape index (κ1) is 24.1. The lowest BCUT2D eigenvalue weighted by atomic mass is 9.96. The number of fused-ring (bicyclic) bond motifs is 2. The number of benzene rings is 2. The van der Waals surface area contributed by atoms with Crippen LogP contribution < -0.4 is 10.6 Å². The Morgan fingerprint density at radius 1 is 0.973 bits per heavy atom. The van der Waals surface area contributed by atoms with Crippen LogP contribution in [0.4, 0.5) is 11.8 Å². The number of rotatable bonds is 7. The van der Waals surface area contributed by atoms with Gasteiger partial charge in [-0.2, -0.15) is 9.97 Å². The van der Waals surface area contributed by atoms with Gasteiger partial charge in [-0.15, -0.1) is 0 Å². The number of nitrogens with one attached hydrogen (secondary N) is 2. The molecule has 4 aromatic rings. The van der Waals surface area contributed by atoms with E-state index in [0.29, 0.717) is 35.5 Å². The maximum absolute atomic E-state index is 10.6. The lowest BCUT2D eigenvalue weighted by Gasteiger charge is -2.23. The highest BCUT2D eigenvalue weighted by Gasteiger charge is 2.44. The van der Waals surface area contributed by atoms with Gasteiger partial charge in [-0.25, -0.2) is 4.98 Å². The molecular weight excluding hydrogens is 472 g/mol. The van der Waals surface area contributed by atoms with Gasteiger partial charge in [0.1, 0.15) is 18.3 Å². The average molecular weight is 505 g/mol. The molecule has 0 bridgehead atoms. The van der Waals surface area contributed by atoms with Crippen LogP contribution in [0.5, 0.6) is 0 Å². The second-order valence-electron chi connectivity index (χ2n) is 9.92. The third kappa shape index (κ3) is 4.61. The van der Waals surface area contributed by atoms with Crippen molar-refractivity contribution < 1.29 is 20.1 Å². The molecule has 3 heterocycles. The van der Waals surface area contributed by atoms with E-state index < -0.39 is 31.1 Å². The topological polar surface area (TPSA) is 138 Å². The summed E-state index contributed by atoms with van der Waals surface area (Å²) in [6.07, 6.45) is 3.00. The highest BCUT2D eigenvalue weighted by molar-refractivity contribution is 5.87. The van der Waals surface area contributed by atoms with Gasteiger partial charge >= 0.3 is 0 Å². The van der Waals surface area contributed by atoms with Crippen LogP contribution in [0.1, 0.15) is 43.9 Å². The first-order valence-corrected chi connectivity index (χ1v) is 13.0. The van der Waals surface area contributed by atoms with Crippen LogP contribution in [-0.4, -0.2) is 65.8 Å². The Kier molecular flexibility index (Phi) is 6.64. The maximum atomic E-state index is 10.6. The molecule has 2 aromatic carbocycles. The molecule has 0 unspecified atom stereocenters. The van der Waals surface area contributed by atoms with Crippen LogP contribution in [0.2, 0.25) is 0 Å². The van der Waals surface area contributed by atoms with Crippen molar-refractivity contribution in [2.45, 2.75) is 69.2 Å². The third-order valence-corrected chi connectivity index (χ3v) is 7.48. The number of aliphatic hydroxyl groups excluding tert-OH is 3. The Bertz CT molecular complexity index is 1380. The highest BCUT2D eigenvalue weighted by atomic mass is 16.6. The van der Waals surface area contributed by atoms with E-state index in [1.165, 1.54) is 36.4 Å². The zero-order valence-corrected chi connectivity index (χ0v) is 20.5. The Balaban J connectivity index is 1.36. The van der Waals surface area contributed by atoms with Crippen LogP contribution in [0.25, 0.3) is 21.9 Å². The molecule has 10 nitrogen and oxygen atoms in total. The molecule has 5 N–H and O–H groups in total. The quantitative estimate of drug-likeness (QED) is 0.257. The predicted molar refractivity (Wildman–Crippen MR) is 140 cm³/mol. The van der Waals surface area contributed by atoms with Crippen molar-refractivity contribution in [2.24, 2.45) is 0 Å². The molecule has 37 heavy (non-hydrogen) atoms. The molecule has 1 saturated carbocycles. The zero-order valence-electron chi connectivity index (χ0n) is 20.5. The molecule has 0 spiro atoms. The SMILES string of the molecule is OC[C@H]1O[C@@H](n2cnc3c(NCc4cccc5ccccc45)nc(NC4CCCCC4)nc32)[C@H](O)[C@@H]1O. The Morgan fingerprint density at radius 3 is 2.59 bits per heavy atom. The van der Waals surface area contributed by atoms with Gasteiger partial charge < -0.3 is 30.7 Å². The highest BCUT2D eigenvalue weighted by Crippen LogP contribution is 2.33. The number of hydrogen-bond donors (Lipinski definition) is 5. The molecule has 0 radical (unpaired) electrons. The summed E-state index contributed by atoms with van der Waals surface area (Å²) in [5, 5.41) is 39.8. The molecule has 194 valence electrons. The standard InChI is InChI=1S/C27H32N6O4/c34-14-20-22(35)23(36)26(37-20)33-15-29-21-24(28-13-17-9-6-8-16-7-4-5-12-19(16)17)31-27(32-25(21)33)30-18-10-2-1-3-11-18/h4-9,12,15,18,20,22-23,26,34-36H,1-3,10-11,13-14H2,(H2,28,30,31,32)/t20-,22-,23-,26-/m1/s1. The average Bonchev–Trinajstić information content (AvgIpc) is 3.48. The fourth-order valence-corrected chi connectivity index (χ4v) is 5.46. The minimum Gasteiger partial charge on any atom is -0.394 e. The van der Waals surface area contributed by atoms with Crippen LogP contribution in [0, 0.1) is 0 Å². The Hall–Kier alpha value is -3.31. The monoisotopic (exact) mass is 504 g/mol. The number of ether oxygens (including phenoxy) is 1. The second-order valence-corrected chi connectivity index (χ2v) is 9.92. The molecule has 10 heteroatoms. The molecule has 2 aromatic heterocycles. The van der Waals surface area contributed by atoms with Crippen molar-refractivity contribution in [3.63, 3.8) is 0 Å². The lowest BCUT2D eigenvalue weighted by Crippen LogP contribution is -2.33. The van der Waals surface area contributed by atoms with E-state index in [9.17, 15) is 15.3 Å². The maximum Gasteiger partial charge on any atom is 0.227 e. The summed E-state index contributed by atoms with van der Waals surface area (Å²) in [6.45, 7) is 0.139. The summed E-state index contributed by atoms with van der Waals surface area (Å²) >= 11 is 0. The van der Waals surface area contributed by atoms with Crippen LogP contribution in [0.15, 0.2) is 48.8 Å². The van der Waals surface area contributed by atoms with Gasteiger partial charge in [0.25, 0.3) is 0 Å². The van der Waals surface area contributed by atoms with Gasteiger partial charge in [-0.1, -0.05) is 61.7 Å². The fourth-order valence-electron chi connectivity index (χ4n) is 5.46. The number of hydrogen-bond acceptors (Lipinski definition) is 9. The molecule has 1 aliphatic carbocycles.